The Kier molecular flexibility index (Phi) is 5.40. The number of hydrogen-bond donors (Lipinski definition) is 2. The molecule has 3 heterocycles. The molecule has 3 aromatic rings. The Morgan fingerprint density at radius 3 is 2.54 bits per heavy atom. The van der Waals surface area contributed by atoms with E-state index in [0.717, 1.165) is 37.9 Å². The number of fused-ring (bicyclic) bond motifs is 3. The number of primary amides is 1. The van der Waals surface area contributed by atoms with Crippen molar-refractivity contribution in [3.63, 3.8) is 0 Å². The molecule has 35 heavy (non-hydrogen) atoms. The van der Waals surface area contributed by atoms with Crippen LogP contribution in [0.15, 0.2) is 29.2 Å². The number of hydrogen-bond acceptors (Lipinski definition) is 3. The lowest BCUT2D eigenvalue weighted by molar-refractivity contribution is -0.119. The standard InChI is InChI=1S/C29H36N4O2/c1-16(2)27-23-11-17(18-9-19-12-33(15-26(30)34)13-20(19)10-18)7-8-25(23)31-28(27)24-14-32(3)29(35)22-6-4-5-21(22)24/h7-8,11,14,16,18-20,31H,4-6,9-10,12-13,15H2,1-3H3,(H2,30,34). The number of aromatic amines is 1. The molecule has 1 aromatic carbocycles. The fraction of sp³-hybridized carbons (Fsp3) is 0.517. The summed E-state index contributed by atoms with van der Waals surface area (Å²) < 4.78 is 1.76. The van der Waals surface area contributed by atoms with Crippen molar-refractivity contribution in [2.24, 2.45) is 24.6 Å². The molecule has 3 N–H and O–H groups in total. The summed E-state index contributed by atoms with van der Waals surface area (Å²) in [6.07, 6.45) is 7.35. The Labute approximate surface area is 206 Å². The summed E-state index contributed by atoms with van der Waals surface area (Å²) in [6.45, 7) is 6.93. The Balaban J connectivity index is 1.36. The van der Waals surface area contributed by atoms with Gasteiger partial charge in [-0.15, -0.1) is 0 Å². The van der Waals surface area contributed by atoms with E-state index in [0.29, 0.717) is 30.2 Å². The number of likely N-dealkylation sites (tertiary alicyclic amines) is 1. The lowest BCUT2D eigenvalue weighted by atomic mass is 9.90. The molecule has 6 nitrogen and oxygen atoms in total. The average molecular weight is 473 g/mol. The molecule has 2 fully saturated rings. The van der Waals surface area contributed by atoms with Crippen molar-refractivity contribution in [2.75, 3.05) is 19.6 Å². The van der Waals surface area contributed by atoms with Crippen LogP contribution in [0.25, 0.3) is 22.2 Å². The van der Waals surface area contributed by atoms with Crippen LogP contribution in [0, 0.1) is 11.8 Å². The number of pyridine rings is 1. The van der Waals surface area contributed by atoms with E-state index in [1.54, 1.807) is 4.57 Å². The predicted molar refractivity (Wildman–Crippen MR) is 140 cm³/mol. The molecule has 2 unspecified atom stereocenters. The van der Waals surface area contributed by atoms with E-state index in [-0.39, 0.29) is 11.5 Å². The molecule has 2 aliphatic carbocycles. The summed E-state index contributed by atoms with van der Waals surface area (Å²) in [7, 11) is 1.88. The zero-order valence-corrected chi connectivity index (χ0v) is 21.1. The summed E-state index contributed by atoms with van der Waals surface area (Å²) in [5.74, 6) is 2.05. The van der Waals surface area contributed by atoms with Crippen molar-refractivity contribution >= 4 is 16.8 Å². The molecular formula is C29H36N4O2. The lowest BCUT2D eigenvalue weighted by Gasteiger charge is -2.18. The first-order valence-electron chi connectivity index (χ1n) is 13.2. The number of H-pyrrole nitrogens is 1. The third-order valence-electron chi connectivity index (χ3n) is 8.83. The summed E-state index contributed by atoms with van der Waals surface area (Å²) in [5, 5.41) is 1.32. The first-order chi connectivity index (χ1) is 16.8. The zero-order chi connectivity index (χ0) is 24.4. The molecule has 6 heteroatoms. The zero-order valence-electron chi connectivity index (χ0n) is 21.1. The van der Waals surface area contributed by atoms with Crippen LogP contribution < -0.4 is 11.3 Å². The van der Waals surface area contributed by atoms with Gasteiger partial charge in [-0.25, -0.2) is 0 Å². The summed E-state index contributed by atoms with van der Waals surface area (Å²) in [6, 6.07) is 7.00. The first kappa shape index (κ1) is 22.6. The summed E-state index contributed by atoms with van der Waals surface area (Å²) >= 11 is 0. The highest BCUT2D eigenvalue weighted by Crippen LogP contribution is 2.47. The third kappa shape index (κ3) is 3.74. The van der Waals surface area contributed by atoms with E-state index < -0.39 is 0 Å². The second-order valence-electron chi connectivity index (χ2n) is 11.5. The van der Waals surface area contributed by atoms with E-state index in [4.69, 9.17) is 5.73 Å². The second kappa shape index (κ2) is 8.37. The molecule has 184 valence electrons. The fourth-order valence-electron chi connectivity index (χ4n) is 7.35. The molecule has 1 saturated carbocycles. The largest absolute Gasteiger partial charge is 0.369 e. The molecule has 0 spiro atoms. The van der Waals surface area contributed by atoms with Gasteiger partial charge in [-0.2, -0.15) is 0 Å². The summed E-state index contributed by atoms with van der Waals surface area (Å²) in [5.41, 5.74) is 14.2. The number of aromatic nitrogens is 2. The van der Waals surface area contributed by atoms with Gasteiger partial charge in [0.25, 0.3) is 5.56 Å². The molecule has 6 rings (SSSR count). The van der Waals surface area contributed by atoms with E-state index >= 15 is 0 Å². The normalized spacial score (nSPS) is 23.9. The quantitative estimate of drug-likeness (QED) is 0.587. The molecule has 1 saturated heterocycles. The van der Waals surface area contributed by atoms with Crippen LogP contribution in [-0.2, 0) is 24.7 Å². The monoisotopic (exact) mass is 472 g/mol. The SMILES string of the molecule is CC(C)c1c(-c2cn(C)c(=O)c3c2CCC3)[nH]c2ccc(C3CC4CN(CC(N)=O)CC4C3)cc12. The van der Waals surface area contributed by atoms with Crippen molar-refractivity contribution < 1.29 is 4.79 Å². The van der Waals surface area contributed by atoms with Crippen molar-refractivity contribution in [1.82, 2.24) is 14.5 Å². The highest BCUT2D eigenvalue weighted by molar-refractivity contribution is 5.92. The number of carbonyl (C=O) groups is 1. The Morgan fingerprint density at radius 1 is 1.14 bits per heavy atom. The Morgan fingerprint density at radius 2 is 1.86 bits per heavy atom. The maximum Gasteiger partial charge on any atom is 0.253 e. The minimum Gasteiger partial charge on any atom is -0.369 e. The van der Waals surface area contributed by atoms with Gasteiger partial charge in [-0.05, 0) is 84.6 Å². The van der Waals surface area contributed by atoms with Gasteiger partial charge in [0.1, 0.15) is 0 Å². The van der Waals surface area contributed by atoms with Crippen LogP contribution in [0.1, 0.15) is 67.2 Å². The van der Waals surface area contributed by atoms with Gasteiger partial charge in [-0.3, -0.25) is 14.5 Å². The maximum atomic E-state index is 12.7. The number of amides is 1. The van der Waals surface area contributed by atoms with E-state index in [9.17, 15) is 9.59 Å². The van der Waals surface area contributed by atoms with Crippen molar-refractivity contribution in [3.8, 4) is 11.3 Å². The third-order valence-corrected chi connectivity index (χ3v) is 8.83. The van der Waals surface area contributed by atoms with Crippen molar-refractivity contribution in [1.29, 1.82) is 0 Å². The van der Waals surface area contributed by atoms with E-state index in [2.05, 4.69) is 41.9 Å². The van der Waals surface area contributed by atoms with Crippen LogP contribution in [0.2, 0.25) is 0 Å². The molecule has 2 atom stereocenters. The second-order valence-corrected chi connectivity index (χ2v) is 11.5. The van der Waals surface area contributed by atoms with Gasteiger partial charge in [0.15, 0.2) is 0 Å². The first-order valence-corrected chi connectivity index (χ1v) is 13.2. The summed E-state index contributed by atoms with van der Waals surface area (Å²) in [4.78, 5) is 30.0. The highest BCUT2D eigenvalue weighted by atomic mass is 16.1. The number of nitrogens with two attached hydrogens (primary N) is 1. The number of benzene rings is 1. The van der Waals surface area contributed by atoms with Crippen LogP contribution >= 0.6 is 0 Å². The highest BCUT2D eigenvalue weighted by Gasteiger charge is 2.41. The Hall–Kier alpha value is -2.86. The molecule has 2 aromatic heterocycles. The minimum atomic E-state index is -0.222. The number of rotatable bonds is 5. The van der Waals surface area contributed by atoms with Crippen LogP contribution in [-0.4, -0.2) is 40.0 Å². The molecular weight excluding hydrogens is 436 g/mol. The number of nitrogens with zero attached hydrogens (tertiary/aromatic N) is 2. The molecule has 3 aliphatic rings. The van der Waals surface area contributed by atoms with Crippen LogP contribution in [0.4, 0.5) is 0 Å². The predicted octanol–water partition coefficient (Wildman–Crippen LogP) is 4.06. The lowest BCUT2D eigenvalue weighted by Crippen LogP contribution is -2.32. The van der Waals surface area contributed by atoms with Gasteiger partial charge < -0.3 is 15.3 Å². The van der Waals surface area contributed by atoms with Crippen molar-refractivity contribution in [2.45, 2.75) is 57.8 Å². The van der Waals surface area contributed by atoms with Gasteiger partial charge in [-0.1, -0.05) is 19.9 Å². The van der Waals surface area contributed by atoms with Crippen LogP contribution in [0.3, 0.4) is 0 Å². The topological polar surface area (TPSA) is 84.1 Å². The fourth-order valence-corrected chi connectivity index (χ4v) is 7.35. The number of aryl methyl sites for hydroxylation is 1. The van der Waals surface area contributed by atoms with Gasteiger partial charge in [0, 0.05) is 48.4 Å². The molecule has 0 radical (unpaired) electrons. The maximum absolute atomic E-state index is 12.7. The molecule has 1 amide bonds. The number of carbonyl (C=O) groups excluding carboxylic acids is 1. The molecule has 1 aliphatic heterocycles. The molecule has 0 bridgehead atoms. The van der Waals surface area contributed by atoms with Gasteiger partial charge in [0.05, 0.1) is 12.2 Å². The van der Waals surface area contributed by atoms with E-state index in [1.165, 1.54) is 51.7 Å². The van der Waals surface area contributed by atoms with Crippen LogP contribution in [0.5, 0.6) is 0 Å². The smallest absolute Gasteiger partial charge is 0.253 e. The number of nitrogens with one attached hydrogen (secondary N) is 1. The average Bonchev–Trinajstić information content (AvgIpc) is 3.56. The minimum absolute atomic E-state index is 0.159. The van der Waals surface area contributed by atoms with E-state index in [1.807, 2.05) is 13.2 Å². The van der Waals surface area contributed by atoms with Gasteiger partial charge in [0.2, 0.25) is 5.91 Å². The van der Waals surface area contributed by atoms with Crippen molar-refractivity contribution in [3.05, 3.63) is 57.0 Å². The van der Waals surface area contributed by atoms with Gasteiger partial charge >= 0.3 is 0 Å². The Bertz CT molecular complexity index is 1370.